The molecule has 3 fully saturated rings. The Morgan fingerprint density at radius 1 is 1.50 bits per heavy atom. The minimum absolute atomic E-state index is 0.0141. The van der Waals surface area contributed by atoms with Crippen LogP contribution >= 0.6 is 11.6 Å². The zero-order valence-corrected chi connectivity index (χ0v) is 14.9. The van der Waals surface area contributed by atoms with Crippen molar-refractivity contribution in [3.05, 3.63) is 23.2 Å². The van der Waals surface area contributed by atoms with E-state index in [0.717, 1.165) is 12.8 Å². The number of sulfonamides is 1. The van der Waals surface area contributed by atoms with Crippen LogP contribution in [0.25, 0.3) is 0 Å². The predicted octanol–water partition coefficient (Wildman–Crippen LogP) is 1.51. The summed E-state index contributed by atoms with van der Waals surface area (Å²) in [4.78, 5) is 0.0731. The molecule has 3 aliphatic heterocycles. The Bertz CT molecular complexity index is 770. The summed E-state index contributed by atoms with van der Waals surface area (Å²) in [6, 6.07) is 4.58. The number of methoxy groups -OCH3 is 1. The molecule has 0 saturated carbocycles. The number of aliphatic hydroxyl groups is 1. The third kappa shape index (κ3) is 2.22. The van der Waals surface area contributed by atoms with Crippen LogP contribution in [0.3, 0.4) is 0 Å². The van der Waals surface area contributed by atoms with Crippen molar-refractivity contribution in [2.24, 2.45) is 11.8 Å². The normalized spacial score (nSPS) is 35.4. The lowest BCUT2D eigenvalue weighted by atomic mass is 9.74. The van der Waals surface area contributed by atoms with E-state index in [0.29, 0.717) is 18.1 Å². The van der Waals surface area contributed by atoms with Crippen LogP contribution < -0.4 is 4.74 Å². The van der Waals surface area contributed by atoms with Crippen LogP contribution in [0.15, 0.2) is 23.1 Å². The summed E-state index contributed by atoms with van der Waals surface area (Å²) >= 11 is 5.99. The lowest BCUT2D eigenvalue weighted by Gasteiger charge is -2.27. The summed E-state index contributed by atoms with van der Waals surface area (Å²) in [6.45, 7) is 0.716. The van der Waals surface area contributed by atoms with E-state index in [1.165, 1.54) is 17.5 Å². The minimum atomic E-state index is -3.75. The van der Waals surface area contributed by atoms with Crippen LogP contribution in [0.1, 0.15) is 12.8 Å². The van der Waals surface area contributed by atoms with Gasteiger partial charge in [0.15, 0.2) is 0 Å². The number of hydrogen-bond donors (Lipinski definition) is 1. The number of hydrogen-bond acceptors (Lipinski definition) is 5. The molecule has 3 aliphatic rings. The second-order valence-electron chi connectivity index (χ2n) is 6.81. The molecule has 6 nitrogen and oxygen atoms in total. The minimum Gasteiger partial charge on any atom is -0.495 e. The highest BCUT2D eigenvalue weighted by atomic mass is 35.5. The molecule has 0 unspecified atom stereocenters. The highest BCUT2D eigenvalue weighted by Gasteiger charge is 2.64. The summed E-state index contributed by atoms with van der Waals surface area (Å²) in [5.41, 5.74) is -0.447. The van der Waals surface area contributed by atoms with Gasteiger partial charge in [-0.05, 0) is 31.0 Å². The first kappa shape index (κ1) is 16.6. The van der Waals surface area contributed by atoms with E-state index in [2.05, 4.69) is 0 Å². The fourth-order valence-electron chi connectivity index (χ4n) is 4.57. The van der Waals surface area contributed by atoms with E-state index in [4.69, 9.17) is 21.1 Å². The summed E-state index contributed by atoms with van der Waals surface area (Å²) in [6.07, 6.45) is 1.79. The van der Waals surface area contributed by atoms with E-state index in [-0.39, 0.29) is 35.2 Å². The highest BCUT2D eigenvalue weighted by Crippen LogP contribution is 2.55. The number of aliphatic hydroxyl groups excluding tert-OH is 1. The van der Waals surface area contributed by atoms with Crippen LogP contribution in [0, 0.1) is 11.8 Å². The molecule has 4 rings (SSSR count). The lowest BCUT2D eigenvalue weighted by molar-refractivity contribution is 0.00643. The second-order valence-corrected chi connectivity index (χ2v) is 9.15. The third-order valence-electron chi connectivity index (χ3n) is 5.71. The zero-order chi connectivity index (χ0) is 17.1. The van der Waals surface area contributed by atoms with Gasteiger partial charge in [-0.3, -0.25) is 0 Å². The first-order valence-corrected chi connectivity index (χ1v) is 9.85. The molecule has 8 heteroatoms. The SMILES string of the molecule is COc1ccc(Cl)cc1S(=O)(=O)N1C[C@@H]2[C@H](CO)[C@H]3CC[C@]2(C1)O3. The zero-order valence-electron chi connectivity index (χ0n) is 13.3. The average molecular weight is 374 g/mol. The van der Waals surface area contributed by atoms with Crippen molar-refractivity contribution in [3.63, 3.8) is 0 Å². The number of nitrogens with zero attached hydrogens (tertiary/aromatic N) is 1. The summed E-state index contributed by atoms with van der Waals surface area (Å²) in [5, 5.41) is 10.0. The molecule has 24 heavy (non-hydrogen) atoms. The Balaban J connectivity index is 1.69. The topological polar surface area (TPSA) is 76.1 Å². The average Bonchev–Trinajstić information content (AvgIpc) is 3.22. The van der Waals surface area contributed by atoms with Gasteiger partial charge in [0, 0.05) is 36.6 Å². The maximum atomic E-state index is 13.1. The molecule has 132 valence electrons. The van der Waals surface area contributed by atoms with E-state index < -0.39 is 15.6 Å². The molecular formula is C16H20ClNO5S. The van der Waals surface area contributed by atoms with Gasteiger partial charge in [-0.25, -0.2) is 8.42 Å². The Morgan fingerprint density at radius 2 is 2.29 bits per heavy atom. The number of ether oxygens (including phenoxy) is 2. The van der Waals surface area contributed by atoms with Crippen molar-refractivity contribution in [3.8, 4) is 5.75 Å². The van der Waals surface area contributed by atoms with Crippen molar-refractivity contribution in [2.45, 2.75) is 29.4 Å². The van der Waals surface area contributed by atoms with Gasteiger partial charge in [0.1, 0.15) is 10.6 Å². The number of halogens is 1. The fourth-order valence-corrected chi connectivity index (χ4v) is 6.51. The Kier molecular flexibility index (Phi) is 3.85. The van der Waals surface area contributed by atoms with E-state index in [1.807, 2.05) is 0 Å². The number of benzene rings is 1. The van der Waals surface area contributed by atoms with Gasteiger partial charge in [0.2, 0.25) is 10.0 Å². The van der Waals surface area contributed by atoms with Crippen LogP contribution in [-0.4, -0.2) is 56.3 Å². The van der Waals surface area contributed by atoms with Crippen molar-refractivity contribution in [2.75, 3.05) is 26.8 Å². The fraction of sp³-hybridized carbons (Fsp3) is 0.625. The van der Waals surface area contributed by atoms with Gasteiger partial charge in [-0.2, -0.15) is 4.31 Å². The molecule has 1 aromatic rings. The quantitative estimate of drug-likeness (QED) is 0.865. The van der Waals surface area contributed by atoms with Crippen molar-refractivity contribution in [1.29, 1.82) is 0 Å². The molecule has 4 atom stereocenters. The molecule has 1 spiro atoms. The third-order valence-corrected chi connectivity index (χ3v) is 7.77. The van der Waals surface area contributed by atoms with E-state index in [1.54, 1.807) is 12.1 Å². The summed E-state index contributed by atoms with van der Waals surface area (Å²) in [7, 11) is -2.31. The highest BCUT2D eigenvalue weighted by molar-refractivity contribution is 7.89. The monoisotopic (exact) mass is 373 g/mol. The van der Waals surface area contributed by atoms with E-state index in [9.17, 15) is 13.5 Å². The standard InChI is InChI=1S/C16H20ClNO5S/c1-22-14-3-2-10(17)6-15(14)24(20,21)18-7-12-11(8-19)13-4-5-16(12,9-18)23-13/h2-3,6,11-13,19H,4-5,7-9H2,1H3/t11-,12+,13+,16+/m0/s1. The van der Waals surface area contributed by atoms with Crippen LogP contribution in [0.4, 0.5) is 0 Å². The maximum Gasteiger partial charge on any atom is 0.246 e. The largest absolute Gasteiger partial charge is 0.495 e. The Labute approximate surface area is 146 Å². The molecule has 1 aromatic carbocycles. The number of fused-ring (bicyclic) bond motifs is 1. The smallest absolute Gasteiger partial charge is 0.246 e. The molecule has 2 bridgehead atoms. The first-order chi connectivity index (χ1) is 11.4. The summed E-state index contributed by atoms with van der Waals surface area (Å²) < 4.78 is 39.0. The molecular weight excluding hydrogens is 354 g/mol. The second kappa shape index (κ2) is 5.57. The van der Waals surface area contributed by atoms with Crippen LogP contribution in [-0.2, 0) is 14.8 Å². The molecule has 3 saturated heterocycles. The van der Waals surface area contributed by atoms with Gasteiger partial charge in [0.05, 0.1) is 18.8 Å². The predicted molar refractivity (Wildman–Crippen MR) is 87.7 cm³/mol. The molecule has 3 heterocycles. The summed E-state index contributed by atoms with van der Waals surface area (Å²) in [5.74, 6) is 0.333. The molecule has 0 aromatic heterocycles. The van der Waals surface area contributed by atoms with E-state index >= 15 is 0 Å². The van der Waals surface area contributed by atoms with Crippen molar-refractivity contribution < 1.29 is 23.0 Å². The Morgan fingerprint density at radius 3 is 3.00 bits per heavy atom. The molecule has 0 aliphatic carbocycles. The maximum absolute atomic E-state index is 13.1. The molecule has 0 amide bonds. The lowest BCUT2D eigenvalue weighted by Crippen LogP contribution is -2.38. The van der Waals surface area contributed by atoms with Crippen LogP contribution in [0.2, 0.25) is 5.02 Å². The first-order valence-electron chi connectivity index (χ1n) is 8.04. The van der Waals surface area contributed by atoms with Gasteiger partial charge >= 0.3 is 0 Å². The molecule has 1 N–H and O–H groups in total. The van der Waals surface area contributed by atoms with Gasteiger partial charge in [-0.1, -0.05) is 11.6 Å². The van der Waals surface area contributed by atoms with Crippen LogP contribution in [0.5, 0.6) is 5.75 Å². The van der Waals surface area contributed by atoms with Gasteiger partial charge in [0.25, 0.3) is 0 Å². The number of rotatable bonds is 4. The van der Waals surface area contributed by atoms with Gasteiger partial charge in [-0.15, -0.1) is 0 Å². The van der Waals surface area contributed by atoms with Crippen molar-refractivity contribution >= 4 is 21.6 Å². The van der Waals surface area contributed by atoms with Gasteiger partial charge < -0.3 is 14.6 Å². The molecule has 0 radical (unpaired) electrons. The Hall–Kier alpha value is -0.860. The van der Waals surface area contributed by atoms with Crippen molar-refractivity contribution in [1.82, 2.24) is 4.31 Å².